The Labute approximate surface area is 203 Å². The normalized spacial score (nSPS) is 14.7. The number of rotatable bonds is 9. The summed E-state index contributed by atoms with van der Waals surface area (Å²) in [6, 6.07) is 8.24. The lowest BCUT2D eigenvalue weighted by Crippen LogP contribution is -2.46. The summed E-state index contributed by atoms with van der Waals surface area (Å²) >= 11 is 3.29. The highest BCUT2D eigenvalue weighted by Crippen LogP contribution is 2.30. The van der Waals surface area contributed by atoms with E-state index in [1.165, 1.54) is 5.69 Å². The van der Waals surface area contributed by atoms with Gasteiger partial charge in [0.15, 0.2) is 5.16 Å². The average molecular weight is 485 g/mol. The minimum atomic E-state index is 0.0525. The molecular weight excluding hydrogens is 452 g/mol. The van der Waals surface area contributed by atoms with Crippen molar-refractivity contribution < 1.29 is 4.74 Å². The van der Waals surface area contributed by atoms with E-state index in [-0.39, 0.29) is 5.56 Å². The quantitative estimate of drug-likeness (QED) is 0.192. The largest absolute Gasteiger partial charge is 0.495 e. The summed E-state index contributed by atoms with van der Waals surface area (Å²) in [5.41, 5.74) is 2.28. The number of benzene rings is 1. The van der Waals surface area contributed by atoms with Gasteiger partial charge in [-0.1, -0.05) is 30.0 Å². The number of anilines is 1. The number of aryl methyl sites for hydroxylation is 2. The van der Waals surface area contributed by atoms with Gasteiger partial charge in [0.1, 0.15) is 10.6 Å². The number of thiophene rings is 1. The zero-order valence-corrected chi connectivity index (χ0v) is 21.3. The van der Waals surface area contributed by atoms with Crippen molar-refractivity contribution in [3.8, 4) is 5.75 Å². The van der Waals surface area contributed by atoms with Gasteiger partial charge in [0.2, 0.25) is 0 Å². The van der Waals surface area contributed by atoms with E-state index in [2.05, 4.69) is 35.4 Å². The van der Waals surface area contributed by atoms with Crippen LogP contribution in [0.1, 0.15) is 16.9 Å². The van der Waals surface area contributed by atoms with Gasteiger partial charge in [0.05, 0.1) is 18.2 Å². The Morgan fingerprint density at radius 3 is 2.70 bits per heavy atom. The van der Waals surface area contributed by atoms with E-state index in [1.807, 2.05) is 19.1 Å². The van der Waals surface area contributed by atoms with Gasteiger partial charge in [0.25, 0.3) is 5.56 Å². The smallest absolute Gasteiger partial charge is 0.263 e. The van der Waals surface area contributed by atoms with E-state index in [1.54, 1.807) is 40.9 Å². The van der Waals surface area contributed by atoms with Crippen LogP contribution < -0.4 is 15.2 Å². The molecule has 0 aliphatic carbocycles. The van der Waals surface area contributed by atoms with E-state index in [4.69, 9.17) is 9.72 Å². The molecule has 0 atom stereocenters. The van der Waals surface area contributed by atoms with Gasteiger partial charge >= 0.3 is 0 Å². The van der Waals surface area contributed by atoms with Gasteiger partial charge in [-0.2, -0.15) is 0 Å². The minimum absolute atomic E-state index is 0.0525. The molecule has 33 heavy (non-hydrogen) atoms. The molecule has 2 aromatic heterocycles. The van der Waals surface area contributed by atoms with E-state index in [0.29, 0.717) is 6.54 Å². The molecule has 0 N–H and O–H groups in total. The van der Waals surface area contributed by atoms with Crippen LogP contribution in [-0.2, 0) is 6.54 Å². The fourth-order valence-corrected chi connectivity index (χ4v) is 6.27. The molecule has 1 saturated heterocycles. The summed E-state index contributed by atoms with van der Waals surface area (Å²) in [6.45, 7) is 13.5. The summed E-state index contributed by atoms with van der Waals surface area (Å²) in [5, 5.41) is 1.56. The number of aromatic nitrogens is 2. The highest BCUT2D eigenvalue weighted by atomic mass is 32.2. The molecule has 1 aliphatic heterocycles. The predicted molar refractivity (Wildman–Crippen MR) is 141 cm³/mol. The van der Waals surface area contributed by atoms with Crippen LogP contribution >= 0.6 is 23.1 Å². The lowest BCUT2D eigenvalue weighted by atomic mass is 10.2. The highest BCUT2D eigenvalue weighted by molar-refractivity contribution is 7.99. The third-order valence-corrected chi connectivity index (χ3v) is 8.38. The van der Waals surface area contributed by atoms with Crippen molar-refractivity contribution >= 4 is 39.0 Å². The van der Waals surface area contributed by atoms with Crippen molar-refractivity contribution in [3.05, 3.63) is 57.7 Å². The van der Waals surface area contributed by atoms with E-state index in [9.17, 15) is 4.79 Å². The molecule has 0 saturated carbocycles. The molecule has 0 spiro atoms. The molecule has 3 aromatic rings. The Bertz CT molecular complexity index is 1180. The summed E-state index contributed by atoms with van der Waals surface area (Å²) in [6.07, 6.45) is 2.83. The van der Waals surface area contributed by atoms with Crippen LogP contribution in [0.3, 0.4) is 0 Å². The van der Waals surface area contributed by atoms with Crippen molar-refractivity contribution in [2.75, 3.05) is 50.5 Å². The maximum absolute atomic E-state index is 13.1. The van der Waals surface area contributed by atoms with Crippen molar-refractivity contribution in [1.82, 2.24) is 14.5 Å². The second-order valence-electron chi connectivity index (χ2n) is 8.26. The Hall–Kier alpha value is -2.29. The molecule has 0 amide bonds. The number of piperazine rings is 1. The summed E-state index contributed by atoms with van der Waals surface area (Å²) in [4.78, 5) is 24.9. The first kappa shape index (κ1) is 23.9. The Balaban J connectivity index is 1.33. The van der Waals surface area contributed by atoms with Crippen LogP contribution in [0.4, 0.5) is 5.69 Å². The summed E-state index contributed by atoms with van der Waals surface area (Å²) < 4.78 is 7.29. The zero-order chi connectivity index (χ0) is 23.4. The van der Waals surface area contributed by atoms with Crippen LogP contribution in [0.2, 0.25) is 0 Å². The van der Waals surface area contributed by atoms with E-state index in [0.717, 1.165) is 76.5 Å². The number of hydrogen-bond acceptors (Lipinski definition) is 7. The predicted octanol–water partition coefficient (Wildman–Crippen LogP) is 4.57. The first-order chi connectivity index (χ1) is 16.0. The first-order valence-electron chi connectivity index (χ1n) is 11.4. The van der Waals surface area contributed by atoms with E-state index < -0.39 is 0 Å². The fraction of sp³-hybridized carbons (Fsp3) is 0.440. The fourth-order valence-electron chi connectivity index (χ4n) is 4.26. The molecule has 3 heterocycles. The minimum Gasteiger partial charge on any atom is -0.495 e. The molecule has 0 unspecified atom stereocenters. The molecule has 176 valence electrons. The molecule has 8 heteroatoms. The molecule has 1 fully saturated rings. The lowest BCUT2D eigenvalue weighted by molar-refractivity contribution is 0.258. The van der Waals surface area contributed by atoms with Gasteiger partial charge in [-0.25, -0.2) is 4.98 Å². The number of fused-ring (bicyclic) bond motifs is 1. The highest BCUT2D eigenvalue weighted by Gasteiger charge is 2.20. The van der Waals surface area contributed by atoms with Gasteiger partial charge in [0, 0.05) is 43.4 Å². The first-order valence-corrected chi connectivity index (χ1v) is 13.2. The average Bonchev–Trinajstić information content (AvgIpc) is 3.12. The van der Waals surface area contributed by atoms with Gasteiger partial charge in [-0.15, -0.1) is 17.9 Å². The van der Waals surface area contributed by atoms with Crippen molar-refractivity contribution in [2.45, 2.75) is 32.0 Å². The molecule has 4 rings (SSSR count). The second kappa shape index (κ2) is 10.8. The van der Waals surface area contributed by atoms with Crippen molar-refractivity contribution in [3.63, 3.8) is 0 Å². The maximum Gasteiger partial charge on any atom is 0.263 e. The molecule has 6 nitrogen and oxygen atoms in total. The second-order valence-corrected chi connectivity index (χ2v) is 10.5. The molecule has 0 bridgehead atoms. The van der Waals surface area contributed by atoms with Crippen LogP contribution in [0, 0.1) is 13.8 Å². The number of nitrogens with zero attached hydrogens (tertiary/aromatic N) is 4. The Kier molecular flexibility index (Phi) is 7.78. The van der Waals surface area contributed by atoms with Crippen LogP contribution in [0.15, 0.2) is 46.9 Å². The van der Waals surface area contributed by atoms with Crippen LogP contribution in [-0.4, -0.2) is 60.0 Å². The molecular formula is C25H32N4O2S2. The third kappa shape index (κ3) is 5.13. The van der Waals surface area contributed by atoms with Crippen molar-refractivity contribution in [1.29, 1.82) is 0 Å². The maximum atomic E-state index is 13.1. The Morgan fingerprint density at radius 2 is 1.97 bits per heavy atom. The number of thioether (sulfide) groups is 1. The number of hydrogen-bond donors (Lipinski definition) is 0. The summed E-state index contributed by atoms with van der Waals surface area (Å²) in [7, 11) is 1.73. The van der Waals surface area contributed by atoms with Crippen LogP contribution in [0.5, 0.6) is 5.75 Å². The molecule has 0 radical (unpaired) electrons. The monoisotopic (exact) mass is 484 g/mol. The van der Waals surface area contributed by atoms with Gasteiger partial charge in [-0.05, 0) is 44.5 Å². The number of allylic oxidation sites excluding steroid dienone is 1. The topological polar surface area (TPSA) is 50.6 Å². The van der Waals surface area contributed by atoms with Crippen LogP contribution in [0.25, 0.3) is 10.2 Å². The number of para-hydroxylation sites is 2. The van der Waals surface area contributed by atoms with E-state index >= 15 is 0 Å². The molecule has 1 aliphatic rings. The SMILES string of the molecule is C=CCn1c(SCCCN2CCN(c3ccccc3OC)CC2)nc2sc(C)c(C)c2c1=O. The lowest BCUT2D eigenvalue weighted by Gasteiger charge is -2.36. The van der Waals surface area contributed by atoms with Gasteiger partial charge in [-0.3, -0.25) is 14.3 Å². The number of ether oxygens (including phenoxy) is 1. The Morgan fingerprint density at radius 1 is 1.21 bits per heavy atom. The summed E-state index contributed by atoms with van der Waals surface area (Å²) in [5.74, 6) is 1.87. The van der Waals surface area contributed by atoms with Gasteiger partial charge < -0.3 is 9.64 Å². The zero-order valence-electron chi connectivity index (χ0n) is 19.7. The number of methoxy groups -OCH3 is 1. The van der Waals surface area contributed by atoms with Crippen molar-refractivity contribution in [2.24, 2.45) is 0 Å². The third-order valence-electron chi connectivity index (χ3n) is 6.21. The molecule has 1 aromatic carbocycles. The standard InChI is InChI=1S/C25H32N4O2S2/c1-5-11-29-24(30)22-18(2)19(3)33-23(22)26-25(29)32-17-8-12-27-13-15-28(16-14-27)20-9-6-7-10-21(20)31-4/h5-7,9-10H,1,8,11-17H2,2-4H3.